The van der Waals surface area contributed by atoms with Crippen LogP contribution in [-0.2, 0) is 9.47 Å². The van der Waals surface area contributed by atoms with Gasteiger partial charge in [-0.05, 0) is 44.2 Å². The van der Waals surface area contributed by atoms with Gasteiger partial charge in [-0.25, -0.2) is 0 Å². The predicted octanol–water partition coefficient (Wildman–Crippen LogP) is 2.65. The minimum Gasteiger partial charge on any atom is -0.387 e. The lowest BCUT2D eigenvalue weighted by Crippen LogP contribution is -2.49. The van der Waals surface area contributed by atoms with Crippen LogP contribution < -0.4 is 0 Å². The quantitative estimate of drug-likeness (QED) is 0.819. The molecule has 4 unspecified atom stereocenters. The van der Waals surface area contributed by atoms with Crippen molar-refractivity contribution >= 4 is 0 Å². The van der Waals surface area contributed by atoms with Crippen molar-refractivity contribution < 1.29 is 14.6 Å². The molecule has 0 aromatic carbocycles. The van der Waals surface area contributed by atoms with Gasteiger partial charge >= 0.3 is 0 Å². The number of likely N-dealkylation sites (N-methyl/N-ethyl adjacent to an activating group) is 1. The van der Waals surface area contributed by atoms with Crippen molar-refractivity contribution in [1.29, 1.82) is 0 Å². The standard InChI is InChI=1S/C17H33NO3/c1-5-9-18(6-2)11-15-12-20-17(21-15)8-7-14(13(3)4)10-16(17)19/h13-16,19H,5-12H2,1-4H3. The van der Waals surface area contributed by atoms with E-state index in [9.17, 15) is 5.11 Å². The molecule has 1 saturated heterocycles. The predicted molar refractivity (Wildman–Crippen MR) is 84.1 cm³/mol. The second kappa shape index (κ2) is 7.40. The van der Waals surface area contributed by atoms with E-state index in [0.29, 0.717) is 18.4 Å². The van der Waals surface area contributed by atoms with E-state index in [2.05, 4.69) is 32.6 Å². The molecule has 0 aromatic heterocycles. The fourth-order valence-corrected chi connectivity index (χ4v) is 3.71. The molecule has 1 saturated carbocycles. The van der Waals surface area contributed by atoms with Crippen LogP contribution in [0.5, 0.6) is 0 Å². The summed E-state index contributed by atoms with van der Waals surface area (Å²) in [6, 6.07) is 0. The first-order valence-electron chi connectivity index (χ1n) is 8.73. The Kier molecular flexibility index (Phi) is 6.06. The number of aliphatic hydroxyl groups is 1. The molecule has 2 rings (SSSR count). The van der Waals surface area contributed by atoms with Gasteiger partial charge in [0.25, 0.3) is 0 Å². The molecule has 124 valence electrons. The molecule has 0 radical (unpaired) electrons. The van der Waals surface area contributed by atoms with Gasteiger partial charge in [0.1, 0.15) is 6.10 Å². The summed E-state index contributed by atoms with van der Waals surface area (Å²) in [5, 5.41) is 10.5. The Morgan fingerprint density at radius 3 is 2.67 bits per heavy atom. The van der Waals surface area contributed by atoms with Gasteiger partial charge in [-0.3, -0.25) is 0 Å². The summed E-state index contributed by atoms with van der Waals surface area (Å²) < 4.78 is 12.2. The smallest absolute Gasteiger partial charge is 0.194 e. The van der Waals surface area contributed by atoms with E-state index in [4.69, 9.17) is 9.47 Å². The van der Waals surface area contributed by atoms with Crippen molar-refractivity contribution in [2.24, 2.45) is 11.8 Å². The van der Waals surface area contributed by atoms with Crippen molar-refractivity contribution in [1.82, 2.24) is 4.90 Å². The zero-order chi connectivity index (χ0) is 15.5. The minimum absolute atomic E-state index is 0.0988. The van der Waals surface area contributed by atoms with E-state index in [0.717, 1.165) is 45.3 Å². The molecule has 2 aliphatic rings. The highest BCUT2D eigenvalue weighted by atomic mass is 16.8. The highest BCUT2D eigenvalue weighted by Gasteiger charge is 2.50. The van der Waals surface area contributed by atoms with Crippen LogP contribution in [-0.4, -0.2) is 54.2 Å². The number of hydrogen-bond donors (Lipinski definition) is 1. The molecule has 4 heteroatoms. The van der Waals surface area contributed by atoms with E-state index < -0.39 is 11.9 Å². The van der Waals surface area contributed by atoms with Gasteiger partial charge in [0.15, 0.2) is 5.79 Å². The van der Waals surface area contributed by atoms with Crippen molar-refractivity contribution in [2.45, 2.75) is 71.4 Å². The third-order valence-corrected chi connectivity index (χ3v) is 5.17. The van der Waals surface area contributed by atoms with Crippen molar-refractivity contribution in [2.75, 3.05) is 26.2 Å². The number of aliphatic hydroxyl groups excluding tert-OH is 1. The lowest BCUT2D eigenvalue weighted by Gasteiger charge is -2.41. The molecule has 0 bridgehead atoms. The normalized spacial score (nSPS) is 37.0. The minimum atomic E-state index is -0.721. The summed E-state index contributed by atoms with van der Waals surface area (Å²) in [6.45, 7) is 12.5. The van der Waals surface area contributed by atoms with Gasteiger partial charge in [0, 0.05) is 13.0 Å². The Bertz CT molecular complexity index is 323. The molecule has 1 spiro atoms. The first-order valence-corrected chi connectivity index (χ1v) is 8.73. The summed E-state index contributed by atoms with van der Waals surface area (Å²) in [4.78, 5) is 2.40. The maximum atomic E-state index is 10.5. The molecule has 4 nitrogen and oxygen atoms in total. The number of ether oxygens (including phenoxy) is 2. The fourth-order valence-electron chi connectivity index (χ4n) is 3.71. The Hall–Kier alpha value is -0.160. The van der Waals surface area contributed by atoms with Crippen LogP contribution in [0.15, 0.2) is 0 Å². The van der Waals surface area contributed by atoms with Crippen LogP contribution in [0.1, 0.15) is 53.4 Å². The molecule has 0 aromatic rings. The fraction of sp³-hybridized carbons (Fsp3) is 1.00. The Balaban J connectivity index is 1.89. The molecular weight excluding hydrogens is 266 g/mol. The first-order chi connectivity index (χ1) is 10.0. The maximum absolute atomic E-state index is 10.5. The molecule has 1 aliphatic heterocycles. The van der Waals surface area contributed by atoms with Crippen molar-refractivity contribution in [3.8, 4) is 0 Å². The first kappa shape index (κ1) is 17.2. The van der Waals surface area contributed by atoms with Crippen LogP contribution in [0.2, 0.25) is 0 Å². The van der Waals surface area contributed by atoms with Crippen LogP contribution in [0.3, 0.4) is 0 Å². The van der Waals surface area contributed by atoms with Gasteiger partial charge in [0.2, 0.25) is 0 Å². The average molecular weight is 299 g/mol. The molecule has 2 fully saturated rings. The SMILES string of the molecule is CCCN(CC)CC1COC2(CCC(C(C)C)CC2O)O1. The lowest BCUT2D eigenvalue weighted by atomic mass is 9.77. The second-order valence-corrected chi connectivity index (χ2v) is 7.05. The highest BCUT2D eigenvalue weighted by molar-refractivity contribution is 4.93. The van der Waals surface area contributed by atoms with Crippen LogP contribution >= 0.6 is 0 Å². The van der Waals surface area contributed by atoms with E-state index in [1.807, 2.05) is 0 Å². The van der Waals surface area contributed by atoms with Gasteiger partial charge in [-0.15, -0.1) is 0 Å². The third kappa shape index (κ3) is 3.98. The molecule has 1 aliphatic carbocycles. The summed E-state index contributed by atoms with van der Waals surface area (Å²) in [5.41, 5.74) is 0. The molecule has 1 N–H and O–H groups in total. The monoisotopic (exact) mass is 299 g/mol. The van der Waals surface area contributed by atoms with Crippen LogP contribution in [0.4, 0.5) is 0 Å². The van der Waals surface area contributed by atoms with E-state index >= 15 is 0 Å². The largest absolute Gasteiger partial charge is 0.387 e. The van der Waals surface area contributed by atoms with Gasteiger partial charge < -0.3 is 19.5 Å². The summed E-state index contributed by atoms with van der Waals surface area (Å²) >= 11 is 0. The van der Waals surface area contributed by atoms with Crippen molar-refractivity contribution in [3.05, 3.63) is 0 Å². The zero-order valence-corrected chi connectivity index (χ0v) is 14.2. The van der Waals surface area contributed by atoms with E-state index in [1.54, 1.807) is 0 Å². The Labute approximate surface area is 129 Å². The average Bonchev–Trinajstić information content (AvgIpc) is 2.85. The molecule has 0 amide bonds. The number of nitrogens with zero attached hydrogens (tertiary/aromatic N) is 1. The summed E-state index contributed by atoms with van der Waals surface area (Å²) in [7, 11) is 0. The molecule has 21 heavy (non-hydrogen) atoms. The number of hydrogen-bond acceptors (Lipinski definition) is 4. The lowest BCUT2D eigenvalue weighted by molar-refractivity contribution is -0.251. The molecule has 1 heterocycles. The van der Waals surface area contributed by atoms with Crippen molar-refractivity contribution in [3.63, 3.8) is 0 Å². The molecule has 4 atom stereocenters. The number of rotatable bonds is 6. The second-order valence-electron chi connectivity index (χ2n) is 7.05. The molecular formula is C17H33NO3. The van der Waals surface area contributed by atoms with Gasteiger partial charge in [-0.1, -0.05) is 27.7 Å². The maximum Gasteiger partial charge on any atom is 0.194 e. The highest BCUT2D eigenvalue weighted by Crippen LogP contribution is 2.42. The topological polar surface area (TPSA) is 41.9 Å². The summed E-state index contributed by atoms with van der Waals surface area (Å²) in [6.07, 6.45) is 3.50. The Morgan fingerprint density at radius 1 is 1.33 bits per heavy atom. The van der Waals surface area contributed by atoms with E-state index in [-0.39, 0.29) is 6.10 Å². The Morgan fingerprint density at radius 2 is 2.10 bits per heavy atom. The van der Waals surface area contributed by atoms with Gasteiger partial charge in [0.05, 0.1) is 12.7 Å². The van der Waals surface area contributed by atoms with Gasteiger partial charge in [-0.2, -0.15) is 0 Å². The summed E-state index contributed by atoms with van der Waals surface area (Å²) in [5.74, 6) is 0.486. The van der Waals surface area contributed by atoms with Crippen LogP contribution in [0, 0.1) is 11.8 Å². The third-order valence-electron chi connectivity index (χ3n) is 5.17. The van der Waals surface area contributed by atoms with E-state index in [1.165, 1.54) is 0 Å². The van der Waals surface area contributed by atoms with Crippen LogP contribution in [0.25, 0.3) is 0 Å². The zero-order valence-electron chi connectivity index (χ0n) is 14.2.